The average Bonchev–Trinajstić information content (AvgIpc) is 2.92. The molecule has 0 spiro atoms. The Morgan fingerprint density at radius 1 is 1.43 bits per heavy atom. The Hall–Kier alpha value is -0.920. The van der Waals surface area contributed by atoms with Crippen LogP contribution in [0.4, 0.5) is 0 Å². The molecule has 7 heteroatoms. The Bertz CT molecular complexity index is 513. The van der Waals surface area contributed by atoms with E-state index in [2.05, 4.69) is 31.2 Å². The van der Waals surface area contributed by atoms with Crippen LogP contribution in [-0.4, -0.2) is 49.2 Å². The van der Waals surface area contributed by atoms with Gasteiger partial charge in [0, 0.05) is 26.3 Å². The van der Waals surface area contributed by atoms with E-state index in [-0.39, 0.29) is 4.90 Å². The molecule has 0 aliphatic heterocycles. The highest BCUT2D eigenvalue weighted by atomic mass is 32.2. The molecule has 1 atom stereocenters. The molecule has 0 aromatic carbocycles. The summed E-state index contributed by atoms with van der Waals surface area (Å²) in [6.07, 6.45) is 4.95. The molecule has 0 saturated heterocycles. The van der Waals surface area contributed by atoms with Crippen LogP contribution in [0.2, 0.25) is 0 Å². The number of hydrogen-bond acceptors (Lipinski definition) is 4. The van der Waals surface area contributed by atoms with Gasteiger partial charge in [-0.1, -0.05) is 27.2 Å². The zero-order valence-corrected chi connectivity index (χ0v) is 14.4. The van der Waals surface area contributed by atoms with E-state index >= 15 is 0 Å². The maximum Gasteiger partial charge on any atom is 0.245 e. The normalized spacial score (nSPS) is 13.8. The molecule has 1 aromatic rings. The summed E-state index contributed by atoms with van der Waals surface area (Å²) < 4.78 is 28.0. The van der Waals surface area contributed by atoms with Gasteiger partial charge in [0.1, 0.15) is 4.90 Å². The number of aromatic nitrogens is 2. The Labute approximate surface area is 128 Å². The highest BCUT2D eigenvalue weighted by molar-refractivity contribution is 7.89. The van der Waals surface area contributed by atoms with Crippen LogP contribution in [0, 0.1) is 5.92 Å². The van der Waals surface area contributed by atoms with E-state index < -0.39 is 10.0 Å². The van der Waals surface area contributed by atoms with E-state index in [4.69, 9.17) is 0 Å². The summed E-state index contributed by atoms with van der Waals surface area (Å²) in [7, 11) is -1.80. The number of rotatable bonds is 10. The van der Waals surface area contributed by atoms with Crippen molar-refractivity contribution in [2.45, 2.75) is 45.1 Å². The third-order valence-electron chi connectivity index (χ3n) is 3.57. The fourth-order valence-electron chi connectivity index (χ4n) is 1.99. The Balaban J connectivity index is 2.65. The van der Waals surface area contributed by atoms with E-state index in [1.54, 1.807) is 17.9 Å². The van der Waals surface area contributed by atoms with Crippen molar-refractivity contribution in [1.82, 2.24) is 19.4 Å². The van der Waals surface area contributed by atoms with Gasteiger partial charge < -0.3 is 5.32 Å². The third kappa shape index (κ3) is 5.41. The Kier molecular flexibility index (Phi) is 7.34. The highest BCUT2D eigenvalue weighted by Crippen LogP contribution is 2.15. The van der Waals surface area contributed by atoms with E-state index in [0.717, 1.165) is 32.5 Å². The molecule has 21 heavy (non-hydrogen) atoms. The molecule has 0 aliphatic carbocycles. The number of aryl methyl sites for hydroxylation is 1. The van der Waals surface area contributed by atoms with Gasteiger partial charge in [-0.3, -0.25) is 4.68 Å². The van der Waals surface area contributed by atoms with Crippen LogP contribution in [-0.2, 0) is 16.6 Å². The summed E-state index contributed by atoms with van der Waals surface area (Å²) in [5.74, 6) is 0.347. The van der Waals surface area contributed by atoms with E-state index in [0.29, 0.717) is 12.5 Å². The first-order valence-corrected chi connectivity index (χ1v) is 9.05. The molecule has 0 aliphatic rings. The fraction of sp³-hybridized carbons (Fsp3) is 0.786. The molecule has 0 bridgehead atoms. The number of nitrogens with zero attached hydrogens (tertiary/aromatic N) is 3. The van der Waals surface area contributed by atoms with E-state index in [1.807, 2.05) is 0 Å². The first kappa shape index (κ1) is 18.1. The maximum atomic E-state index is 12.4. The standard InChI is InChI=1S/C14H28N4O2S/c1-5-13(3)11-17(4)21(19,20)14-10-16-18(12-14)9-7-8-15-6-2/h10,12-13,15H,5-9,11H2,1-4H3. The summed E-state index contributed by atoms with van der Waals surface area (Å²) in [4.78, 5) is 0.275. The van der Waals surface area contributed by atoms with Crippen molar-refractivity contribution in [2.75, 3.05) is 26.7 Å². The smallest absolute Gasteiger partial charge is 0.245 e. The van der Waals surface area contributed by atoms with Gasteiger partial charge in [0.05, 0.1) is 6.20 Å². The molecule has 1 rings (SSSR count). The van der Waals surface area contributed by atoms with Crippen molar-refractivity contribution in [3.8, 4) is 0 Å². The van der Waals surface area contributed by atoms with Gasteiger partial charge in [-0.2, -0.15) is 5.10 Å². The van der Waals surface area contributed by atoms with Crippen LogP contribution >= 0.6 is 0 Å². The second-order valence-electron chi connectivity index (χ2n) is 5.45. The van der Waals surface area contributed by atoms with E-state index in [1.165, 1.54) is 10.5 Å². The maximum absolute atomic E-state index is 12.4. The van der Waals surface area contributed by atoms with Crippen LogP contribution in [0.15, 0.2) is 17.3 Å². The van der Waals surface area contributed by atoms with Crippen LogP contribution in [0.5, 0.6) is 0 Å². The lowest BCUT2D eigenvalue weighted by Gasteiger charge is -2.19. The molecule has 1 unspecified atom stereocenters. The zero-order valence-electron chi connectivity index (χ0n) is 13.5. The average molecular weight is 316 g/mol. The molecule has 122 valence electrons. The van der Waals surface area contributed by atoms with Crippen molar-refractivity contribution in [3.05, 3.63) is 12.4 Å². The van der Waals surface area contributed by atoms with Crippen molar-refractivity contribution in [3.63, 3.8) is 0 Å². The zero-order chi connectivity index (χ0) is 15.9. The predicted octanol–water partition coefficient (Wildman–Crippen LogP) is 1.55. The molecular weight excluding hydrogens is 288 g/mol. The quantitative estimate of drug-likeness (QED) is 0.665. The molecule has 1 aromatic heterocycles. The van der Waals surface area contributed by atoms with Crippen molar-refractivity contribution >= 4 is 10.0 Å². The Morgan fingerprint density at radius 2 is 2.14 bits per heavy atom. The lowest BCUT2D eigenvalue weighted by Crippen LogP contribution is -2.30. The first-order valence-electron chi connectivity index (χ1n) is 7.61. The van der Waals surface area contributed by atoms with Crippen LogP contribution < -0.4 is 5.32 Å². The van der Waals surface area contributed by atoms with Crippen LogP contribution in [0.1, 0.15) is 33.6 Å². The number of hydrogen-bond donors (Lipinski definition) is 1. The van der Waals surface area contributed by atoms with Gasteiger partial charge in [-0.05, 0) is 25.4 Å². The molecule has 0 fully saturated rings. The lowest BCUT2D eigenvalue weighted by molar-refractivity contribution is 0.393. The minimum absolute atomic E-state index is 0.275. The van der Waals surface area contributed by atoms with Crippen molar-refractivity contribution in [2.24, 2.45) is 5.92 Å². The van der Waals surface area contributed by atoms with Crippen molar-refractivity contribution < 1.29 is 8.42 Å². The lowest BCUT2D eigenvalue weighted by atomic mass is 10.1. The molecule has 1 N–H and O–H groups in total. The molecule has 0 radical (unpaired) electrons. The SMILES string of the molecule is CCNCCCn1cc(S(=O)(=O)N(C)CC(C)CC)cn1. The minimum Gasteiger partial charge on any atom is -0.317 e. The largest absolute Gasteiger partial charge is 0.317 e. The summed E-state index contributed by atoms with van der Waals surface area (Å²) in [6.45, 7) is 9.28. The summed E-state index contributed by atoms with van der Waals surface area (Å²) in [6, 6.07) is 0. The van der Waals surface area contributed by atoms with Gasteiger partial charge in [0.15, 0.2) is 0 Å². The number of nitrogens with one attached hydrogen (secondary N) is 1. The van der Waals surface area contributed by atoms with Gasteiger partial charge in [-0.15, -0.1) is 0 Å². The van der Waals surface area contributed by atoms with Gasteiger partial charge in [0.2, 0.25) is 10.0 Å². The van der Waals surface area contributed by atoms with Crippen molar-refractivity contribution in [1.29, 1.82) is 0 Å². The van der Waals surface area contributed by atoms with Crippen LogP contribution in [0.25, 0.3) is 0 Å². The third-order valence-corrected chi connectivity index (χ3v) is 5.35. The van der Waals surface area contributed by atoms with Gasteiger partial charge >= 0.3 is 0 Å². The van der Waals surface area contributed by atoms with Crippen LogP contribution in [0.3, 0.4) is 0 Å². The summed E-state index contributed by atoms with van der Waals surface area (Å²) in [5.41, 5.74) is 0. The molecule has 0 saturated carbocycles. The predicted molar refractivity (Wildman–Crippen MR) is 84.7 cm³/mol. The monoisotopic (exact) mass is 316 g/mol. The van der Waals surface area contributed by atoms with E-state index in [9.17, 15) is 8.42 Å². The van der Waals surface area contributed by atoms with Gasteiger partial charge in [-0.25, -0.2) is 12.7 Å². The topological polar surface area (TPSA) is 67.2 Å². The summed E-state index contributed by atoms with van der Waals surface area (Å²) >= 11 is 0. The minimum atomic E-state index is -3.42. The number of sulfonamides is 1. The first-order chi connectivity index (χ1) is 9.91. The Morgan fingerprint density at radius 3 is 2.76 bits per heavy atom. The second kappa shape index (κ2) is 8.51. The molecular formula is C14H28N4O2S. The molecule has 1 heterocycles. The summed E-state index contributed by atoms with van der Waals surface area (Å²) in [5, 5.41) is 7.38. The van der Waals surface area contributed by atoms with Gasteiger partial charge in [0.25, 0.3) is 0 Å². The highest BCUT2D eigenvalue weighted by Gasteiger charge is 2.23. The molecule has 6 nitrogen and oxygen atoms in total. The second-order valence-corrected chi connectivity index (χ2v) is 7.49. The molecule has 0 amide bonds. The fourth-order valence-corrected chi connectivity index (χ4v) is 3.23.